The Bertz CT molecular complexity index is 791. The van der Waals surface area contributed by atoms with Crippen LogP contribution in [-0.4, -0.2) is 82.2 Å². The van der Waals surface area contributed by atoms with Crippen molar-refractivity contribution in [2.24, 2.45) is 4.99 Å². The first kappa shape index (κ1) is 20.2. The van der Waals surface area contributed by atoms with E-state index in [2.05, 4.69) is 33.1 Å². The molecule has 0 radical (unpaired) electrons. The van der Waals surface area contributed by atoms with Gasteiger partial charge in [0.15, 0.2) is 5.96 Å². The third-order valence-corrected chi connectivity index (χ3v) is 7.34. The van der Waals surface area contributed by atoms with E-state index in [-0.39, 0.29) is 5.75 Å². The van der Waals surface area contributed by atoms with Crippen LogP contribution < -0.4 is 10.2 Å². The lowest BCUT2D eigenvalue weighted by molar-refractivity contribution is 0.368. The minimum Gasteiger partial charge on any atom is -0.368 e. The van der Waals surface area contributed by atoms with E-state index >= 15 is 0 Å². The van der Waals surface area contributed by atoms with Crippen molar-refractivity contribution in [1.29, 1.82) is 0 Å². The predicted octanol–water partition coefficient (Wildman–Crippen LogP) is 1.38. The molecule has 0 bridgehead atoms. The van der Waals surface area contributed by atoms with Crippen molar-refractivity contribution in [2.75, 3.05) is 63.5 Å². The summed E-state index contributed by atoms with van der Waals surface area (Å²) in [6.07, 6.45) is 0.724. The second-order valence-corrected chi connectivity index (χ2v) is 9.47. The number of piperazine rings is 1. The second-order valence-electron chi connectivity index (χ2n) is 6.95. The number of hydrogen-bond donors (Lipinski definition) is 1. The van der Waals surface area contributed by atoms with Gasteiger partial charge in [-0.25, -0.2) is 12.7 Å². The lowest BCUT2D eigenvalue weighted by Gasteiger charge is -2.38. The number of aliphatic imine (C=N–C) groups is 1. The molecule has 2 heterocycles. The van der Waals surface area contributed by atoms with Gasteiger partial charge in [0.25, 0.3) is 0 Å². The number of rotatable bonds is 4. The van der Waals surface area contributed by atoms with E-state index in [0.717, 1.165) is 43.6 Å². The zero-order valence-electron chi connectivity index (χ0n) is 16.0. The highest BCUT2D eigenvalue weighted by Crippen LogP contribution is 2.25. The Hall–Kier alpha value is -1.51. The van der Waals surface area contributed by atoms with Crippen molar-refractivity contribution in [3.8, 4) is 0 Å². The van der Waals surface area contributed by atoms with Gasteiger partial charge in [0, 0.05) is 63.6 Å². The monoisotopic (exact) mass is 413 g/mol. The summed E-state index contributed by atoms with van der Waals surface area (Å²) in [5.74, 6) is 1.10. The van der Waals surface area contributed by atoms with Crippen LogP contribution in [0.1, 0.15) is 12.0 Å². The topological polar surface area (TPSA) is 68.2 Å². The summed E-state index contributed by atoms with van der Waals surface area (Å²) in [5.41, 5.74) is 2.41. The molecule has 0 saturated carbocycles. The molecule has 0 aliphatic carbocycles. The molecule has 3 rings (SSSR count). The van der Waals surface area contributed by atoms with Crippen LogP contribution in [0.15, 0.2) is 23.2 Å². The molecule has 1 aromatic rings. The molecule has 0 unspecified atom stereocenters. The van der Waals surface area contributed by atoms with E-state index in [9.17, 15) is 8.42 Å². The first-order valence-electron chi connectivity index (χ1n) is 9.35. The maximum atomic E-state index is 11.9. The van der Waals surface area contributed by atoms with E-state index in [4.69, 9.17) is 11.6 Å². The summed E-state index contributed by atoms with van der Waals surface area (Å²) in [6.45, 7) is 7.28. The lowest BCUT2D eigenvalue weighted by atomic mass is 10.1. The third-order valence-electron chi connectivity index (χ3n) is 5.15. The lowest BCUT2D eigenvalue weighted by Crippen LogP contribution is -2.53. The van der Waals surface area contributed by atoms with Crippen LogP contribution >= 0.6 is 11.6 Å². The number of hydrogen-bond acceptors (Lipinski definition) is 4. The summed E-state index contributed by atoms with van der Waals surface area (Å²) in [7, 11) is -1.27. The number of sulfonamides is 1. The van der Waals surface area contributed by atoms with Crippen LogP contribution in [0.25, 0.3) is 0 Å². The molecule has 150 valence electrons. The van der Waals surface area contributed by atoms with E-state index in [1.807, 2.05) is 12.1 Å². The SMILES string of the molecule is CN=C(NCCN1CCCS1(=O)=O)N1CCN(c2cc(Cl)ccc2C)CC1. The van der Waals surface area contributed by atoms with E-state index < -0.39 is 10.0 Å². The van der Waals surface area contributed by atoms with Crippen LogP contribution in [0, 0.1) is 6.92 Å². The van der Waals surface area contributed by atoms with Gasteiger partial charge in [-0.15, -0.1) is 0 Å². The summed E-state index contributed by atoms with van der Waals surface area (Å²) < 4.78 is 25.3. The summed E-state index contributed by atoms with van der Waals surface area (Å²) in [4.78, 5) is 8.93. The fraction of sp³-hybridized carbons (Fsp3) is 0.611. The normalized spacial score (nSPS) is 20.9. The number of nitrogens with one attached hydrogen (secondary N) is 1. The zero-order valence-corrected chi connectivity index (χ0v) is 17.6. The smallest absolute Gasteiger partial charge is 0.214 e. The molecule has 1 N–H and O–H groups in total. The maximum absolute atomic E-state index is 11.9. The number of guanidine groups is 1. The molecule has 1 aromatic carbocycles. The number of benzene rings is 1. The average molecular weight is 414 g/mol. The van der Waals surface area contributed by atoms with Gasteiger partial charge in [-0.05, 0) is 31.0 Å². The molecule has 0 atom stereocenters. The van der Waals surface area contributed by atoms with Gasteiger partial charge in [0.05, 0.1) is 5.75 Å². The van der Waals surface area contributed by atoms with Crippen LogP contribution in [-0.2, 0) is 10.0 Å². The molecule has 2 aliphatic heterocycles. The minimum absolute atomic E-state index is 0.270. The molecule has 2 aliphatic rings. The maximum Gasteiger partial charge on any atom is 0.214 e. The number of aryl methyl sites for hydroxylation is 1. The predicted molar refractivity (Wildman–Crippen MR) is 111 cm³/mol. The first-order valence-corrected chi connectivity index (χ1v) is 11.3. The highest BCUT2D eigenvalue weighted by molar-refractivity contribution is 7.89. The molecular weight excluding hydrogens is 386 g/mol. The molecule has 2 fully saturated rings. The van der Waals surface area contributed by atoms with Gasteiger partial charge in [-0.2, -0.15) is 0 Å². The summed E-state index contributed by atoms with van der Waals surface area (Å²) in [6, 6.07) is 6.00. The standard InChI is InChI=1S/C18H28ClN5O2S/c1-15-4-5-16(19)14-17(15)22-9-11-23(12-10-22)18(20-2)21-6-8-24-7-3-13-27(24,25)26/h4-5,14H,3,6-13H2,1-2H3,(H,20,21). The molecule has 2 saturated heterocycles. The fourth-order valence-corrected chi connectivity index (χ4v) is 5.34. The molecule has 7 nitrogen and oxygen atoms in total. The van der Waals surface area contributed by atoms with Crippen LogP contribution in [0.2, 0.25) is 5.02 Å². The Balaban J connectivity index is 1.51. The molecule has 9 heteroatoms. The van der Waals surface area contributed by atoms with Crippen molar-refractivity contribution < 1.29 is 8.42 Å². The van der Waals surface area contributed by atoms with E-state index in [1.54, 1.807) is 11.4 Å². The quantitative estimate of drug-likeness (QED) is 0.596. The highest BCUT2D eigenvalue weighted by atomic mass is 35.5. The fourth-order valence-electron chi connectivity index (χ4n) is 3.65. The summed E-state index contributed by atoms with van der Waals surface area (Å²) in [5, 5.41) is 4.07. The number of halogens is 1. The van der Waals surface area contributed by atoms with Crippen molar-refractivity contribution >= 4 is 33.3 Å². The van der Waals surface area contributed by atoms with Crippen LogP contribution in [0.4, 0.5) is 5.69 Å². The molecule has 0 amide bonds. The van der Waals surface area contributed by atoms with Crippen molar-refractivity contribution in [2.45, 2.75) is 13.3 Å². The zero-order chi connectivity index (χ0) is 19.4. The van der Waals surface area contributed by atoms with Gasteiger partial charge in [0.1, 0.15) is 0 Å². The highest BCUT2D eigenvalue weighted by Gasteiger charge is 2.28. The van der Waals surface area contributed by atoms with Gasteiger partial charge in [-0.1, -0.05) is 17.7 Å². The third kappa shape index (κ3) is 4.86. The van der Waals surface area contributed by atoms with Gasteiger partial charge in [0.2, 0.25) is 10.0 Å². The molecule has 0 aromatic heterocycles. The number of nitrogens with zero attached hydrogens (tertiary/aromatic N) is 4. The Morgan fingerprint density at radius 1 is 1.22 bits per heavy atom. The van der Waals surface area contributed by atoms with E-state index in [1.165, 1.54) is 11.3 Å². The largest absolute Gasteiger partial charge is 0.368 e. The summed E-state index contributed by atoms with van der Waals surface area (Å²) >= 11 is 6.16. The number of anilines is 1. The van der Waals surface area contributed by atoms with Gasteiger partial charge >= 0.3 is 0 Å². The van der Waals surface area contributed by atoms with Crippen molar-refractivity contribution in [1.82, 2.24) is 14.5 Å². The van der Waals surface area contributed by atoms with E-state index in [0.29, 0.717) is 19.6 Å². The van der Waals surface area contributed by atoms with Gasteiger partial charge < -0.3 is 15.1 Å². The first-order chi connectivity index (χ1) is 12.9. The Kier molecular flexibility index (Phi) is 6.49. The second kappa shape index (κ2) is 8.67. The Labute approximate surface area is 167 Å². The average Bonchev–Trinajstić information content (AvgIpc) is 2.99. The molecule has 27 heavy (non-hydrogen) atoms. The Morgan fingerprint density at radius 2 is 1.96 bits per heavy atom. The molecular formula is C18H28ClN5O2S. The minimum atomic E-state index is -3.04. The van der Waals surface area contributed by atoms with Gasteiger partial charge in [-0.3, -0.25) is 4.99 Å². The van der Waals surface area contributed by atoms with Crippen molar-refractivity contribution in [3.63, 3.8) is 0 Å². The van der Waals surface area contributed by atoms with Crippen molar-refractivity contribution in [3.05, 3.63) is 28.8 Å². The van der Waals surface area contributed by atoms with Crippen LogP contribution in [0.5, 0.6) is 0 Å². The van der Waals surface area contributed by atoms with Crippen LogP contribution in [0.3, 0.4) is 0 Å². The Morgan fingerprint density at radius 3 is 2.59 bits per heavy atom. The molecule has 0 spiro atoms.